The molecular formula is C16H8Cl2N2O5. The molecule has 126 valence electrons. The summed E-state index contributed by atoms with van der Waals surface area (Å²) in [6.45, 7) is 0. The molecule has 3 aromatic rings. The third kappa shape index (κ3) is 3.47. The minimum absolute atomic E-state index is 0.114. The van der Waals surface area contributed by atoms with Crippen molar-refractivity contribution in [1.29, 1.82) is 0 Å². The van der Waals surface area contributed by atoms with E-state index in [1.54, 1.807) is 0 Å². The van der Waals surface area contributed by atoms with Crippen LogP contribution in [-0.4, -0.2) is 10.8 Å². The summed E-state index contributed by atoms with van der Waals surface area (Å²) in [6.07, 6.45) is 0. The van der Waals surface area contributed by atoms with Crippen LogP contribution in [0.1, 0.15) is 10.4 Å². The van der Waals surface area contributed by atoms with E-state index in [0.29, 0.717) is 10.4 Å². The van der Waals surface area contributed by atoms with Crippen molar-refractivity contribution in [2.45, 2.75) is 0 Å². The first-order chi connectivity index (χ1) is 11.8. The lowest BCUT2D eigenvalue weighted by Gasteiger charge is -2.06. The number of benzene rings is 2. The molecule has 3 rings (SSSR count). The van der Waals surface area contributed by atoms with Gasteiger partial charge in [-0.15, -0.1) is 0 Å². The molecule has 1 heterocycles. The van der Waals surface area contributed by atoms with E-state index in [2.05, 4.69) is 5.32 Å². The first kappa shape index (κ1) is 16.9. The van der Waals surface area contributed by atoms with Gasteiger partial charge in [0.2, 0.25) is 0 Å². The Bertz CT molecular complexity index is 1080. The summed E-state index contributed by atoms with van der Waals surface area (Å²) >= 11 is 11.9. The monoisotopic (exact) mass is 378 g/mol. The van der Waals surface area contributed by atoms with Crippen molar-refractivity contribution in [2.75, 3.05) is 5.32 Å². The van der Waals surface area contributed by atoms with Crippen LogP contribution in [0.3, 0.4) is 0 Å². The SMILES string of the molecule is O=C(Nc1cccc([N+](=O)[O-])c1)c1cc2cc(Cl)cc(Cl)c2oc1=O. The Balaban J connectivity index is 2.00. The van der Waals surface area contributed by atoms with E-state index in [4.69, 9.17) is 27.6 Å². The standard InChI is InChI=1S/C16H8Cl2N2O5/c17-9-4-8-5-12(16(22)25-14(8)13(18)6-9)15(21)19-10-2-1-3-11(7-10)20(23)24/h1-7H,(H,19,21). The fourth-order valence-corrected chi connectivity index (χ4v) is 2.76. The molecule has 0 radical (unpaired) electrons. The molecule has 0 fully saturated rings. The van der Waals surface area contributed by atoms with Crippen molar-refractivity contribution in [2.24, 2.45) is 0 Å². The molecular weight excluding hydrogens is 371 g/mol. The molecule has 0 aliphatic rings. The molecule has 9 heteroatoms. The van der Waals surface area contributed by atoms with Crippen molar-refractivity contribution < 1.29 is 14.1 Å². The number of fused-ring (bicyclic) bond motifs is 1. The lowest BCUT2D eigenvalue weighted by molar-refractivity contribution is -0.384. The van der Waals surface area contributed by atoms with E-state index in [1.807, 2.05) is 0 Å². The van der Waals surface area contributed by atoms with E-state index in [1.165, 1.54) is 42.5 Å². The van der Waals surface area contributed by atoms with Crippen LogP contribution >= 0.6 is 23.2 Å². The van der Waals surface area contributed by atoms with Crippen molar-refractivity contribution in [3.8, 4) is 0 Å². The number of nitrogens with one attached hydrogen (secondary N) is 1. The zero-order chi connectivity index (χ0) is 18.1. The summed E-state index contributed by atoms with van der Waals surface area (Å²) in [5.74, 6) is -0.771. The normalized spacial score (nSPS) is 10.6. The molecule has 0 saturated carbocycles. The number of nitro groups is 1. The minimum Gasteiger partial charge on any atom is -0.421 e. The summed E-state index contributed by atoms with van der Waals surface area (Å²) in [4.78, 5) is 34.6. The molecule has 25 heavy (non-hydrogen) atoms. The van der Waals surface area contributed by atoms with Gasteiger partial charge in [0, 0.05) is 28.2 Å². The number of anilines is 1. The molecule has 0 saturated heterocycles. The van der Waals surface area contributed by atoms with E-state index < -0.39 is 16.5 Å². The van der Waals surface area contributed by atoms with Crippen molar-refractivity contribution in [1.82, 2.24) is 0 Å². The van der Waals surface area contributed by atoms with Gasteiger partial charge in [0.1, 0.15) is 5.56 Å². The molecule has 0 atom stereocenters. The molecule has 2 aromatic carbocycles. The van der Waals surface area contributed by atoms with Gasteiger partial charge >= 0.3 is 5.63 Å². The Morgan fingerprint density at radius 2 is 1.92 bits per heavy atom. The van der Waals surface area contributed by atoms with Gasteiger partial charge in [-0.25, -0.2) is 4.79 Å². The zero-order valence-corrected chi connectivity index (χ0v) is 13.8. The highest BCUT2D eigenvalue weighted by Crippen LogP contribution is 2.27. The van der Waals surface area contributed by atoms with Crippen molar-refractivity contribution in [3.05, 3.63) is 78.6 Å². The fraction of sp³-hybridized carbons (Fsp3) is 0. The lowest BCUT2D eigenvalue weighted by atomic mass is 10.1. The van der Waals surface area contributed by atoms with Crippen molar-refractivity contribution in [3.63, 3.8) is 0 Å². The molecule has 0 unspecified atom stereocenters. The van der Waals surface area contributed by atoms with Gasteiger partial charge in [0.25, 0.3) is 11.6 Å². The Morgan fingerprint density at radius 1 is 1.16 bits per heavy atom. The van der Waals surface area contributed by atoms with Gasteiger partial charge in [-0.3, -0.25) is 14.9 Å². The highest BCUT2D eigenvalue weighted by atomic mass is 35.5. The molecule has 0 aliphatic carbocycles. The van der Waals surface area contributed by atoms with Gasteiger partial charge in [0.15, 0.2) is 5.58 Å². The molecule has 0 bridgehead atoms. The average molecular weight is 379 g/mol. The van der Waals surface area contributed by atoms with Crippen LogP contribution in [-0.2, 0) is 0 Å². The second-order valence-electron chi connectivity index (χ2n) is 5.02. The maximum Gasteiger partial charge on any atom is 0.349 e. The molecule has 0 spiro atoms. The first-order valence-electron chi connectivity index (χ1n) is 6.84. The van der Waals surface area contributed by atoms with Gasteiger partial charge in [-0.05, 0) is 24.3 Å². The second-order valence-corrected chi connectivity index (χ2v) is 5.86. The zero-order valence-electron chi connectivity index (χ0n) is 12.3. The van der Waals surface area contributed by atoms with Crippen LogP contribution in [0, 0.1) is 10.1 Å². The largest absolute Gasteiger partial charge is 0.421 e. The van der Waals surface area contributed by atoms with Crippen LogP contribution in [0.2, 0.25) is 10.0 Å². The summed E-state index contributed by atoms with van der Waals surface area (Å²) in [5.41, 5.74) is -1.08. The predicted octanol–water partition coefficient (Wildman–Crippen LogP) is 4.26. The summed E-state index contributed by atoms with van der Waals surface area (Å²) in [6, 6.07) is 9.54. The van der Waals surface area contributed by atoms with Crippen LogP contribution in [0.5, 0.6) is 0 Å². The second kappa shape index (κ2) is 6.54. The quantitative estimate of drug-likeness (QED) is 0.416. The van der Waals surface area contributed by atoms with Gasteiger partial charge in [-0.1, -0.05) is 29.3 Å². The number of hydrogen-bond donors (Lipinski definition) is 1. The lowest BCUT2D eigenvalue weighted by Crippen LogP contribution is -2.20. The number of amides is 1. The van der Waals surface area contributed by atoms with Crippen LogP contribution in [0.4, 0.5) is 11.4 Å². The van der Waals surface area contributed by atoms with Crippen LogP contribution in [0.25, 0.3) is 11.0 Å². The number of carbonyl (C=O) groups is 1. The third-order valence-electron chi connectivity index (χ3n) is 3.31. The molecule has 1 amide bonds. The minimum atomic E-state index is -0.889. The van der Waals surface area contributed by atoms with E-state index >= 15 is 0 Å². The average Bonchev–Trinajstić information content (AvgIpc) is 2.55. The highest BCUT2D eigenvalue weighted by molar-refractivity contribution is 6.38. The van der Waals surface area contributed by atoms with Crippen LogP contribution in [0.15, 0.2) is 51.7 Å². The number of non-ortho nitro benzene ring substituents is 1. The number of hydrogen-bond acceptors (Lipinski definition) is 5. The maximum absolute atomic E-state index is 12.3. The number of carbonyl (C=O) groups excluding carboxylic acids is 1. The molecule has 7 nitrogen and oxygen atoms in total. The van der Waals surface area contributed by atoms with Gasteiger partial charge < -0.3 is 9.73 Å². The maximum atomic E-state index is 12.3. The van der Waals surface area contributed by atoms with E-state index in [0.717, 1.165) is 0 Å². The summed E-state index contributed by atoms with van der Waals surface area (Å²) in [5, 5.41) is 14.0. The fourth-order valence-electron chi connectivity index (χ4n) is 2.21. The van der Waals surface area contributed by atoms with Crippen molar-refractivity contribution >= 4 is 51.5 Å². The first-order valence-corrected chi connectivity index (χ1v) is 7.59. The molecule has 0 aliphatic heterocycles. The predicted molar refractivity (Wildman–Crippen MR) is 93.6 cm³/mol. The Kier molecular flexibility index (Phi) is 4.43. The highest BCUT2D eigenvalue weighted by Gasteiger charge is 2.16. The number of nitrogens with zero attached hydrogens (tertiary/aromatic N) is 1. The molecule has 1 aromatic heterocycles. The summed E-state index contributed by atoms with van der Waals surface area (Å²) < 4.78 is 5.08. The Labute approximate surface area is 149 Å². The number of nitro benzene ring substituents is 1. The smallest absolute Gasteiger partial charge is 0.349 e. The van der Waals surface area contributed by atoms with Gasteiger partial charge in [-0.2, -0.15) is 0 Å². The van der Waals surface area contributed by atoms with E-state index in [9.17, 15) is 19.7 Å². The Morgan fingerprint density at radius 3 is 2.64 bits per heavy atom. The van der Waals surface area contributed by atoms with Crippen LogP contribution < -0.4 is 10.9 Å². The van der Waals surface area contributed by atoms with Gasteiger partial charge in [0.05, 0.1) is 9.95 Å². The third-order valence-corrected chi connectivity index (χ3v) is 3.81. The summed E-state index contributed by atoms with van der Waals surface area (Å²) in [7, 11) is 0. The van der Waals surface area contributed by atoms with E-state index in [-0.39, 0.29) is 27.5 Å². The topological polar surface area (TPSA) is 102 Å². The number of rotatable bonds is 3. The Hall–Kier alpha value is -2.90. The molecule has 1 N–H and O–H groups in total. The number of halogens is 2.